The fraction of sp³-hybridized carbons (Fsp3) is 0.235. The zero-order valence-corrected chi connectivity index (χ0v) is 13.1. The Morgan fingerprint density at radius 3 is 2.30 bits per heavy atom. The first-order valence-electron chi connectivity index (χ1n) is 7.28. The highest BCUT2D eigenvalue weighted by Gasteiger charge is 2.07. The van der Waals surface area contributed by atoms with Crippen LogP contribution in [0.15, 0.2) is 48.8 Å². The second kappa shape index (κ2) is 7.93. The number of carbonyl (C=O) groups excluding carboxylic acids is 2. The summed E-state index contributed by atoms with van der Waals surface area (Å²) < 4.78 is 5.37. The van der Waals surface area contributed by atoms with Gasteiger partial charge in [0.05, 0.1) is 0 Å². The zero-order chi connectivity index (χ0) is 16.7. The Labute approximate surface area is 134 Å². The van der Waals surface area contributed by atoms with Crippen molar-refractivity contribution in [2.75, 3.05) is 6.61 Å². The molecule has 0 aliphatic carbocycles. The van der Waals surface area contributed by atoms with Crippen LogP contribution >= 0.6 is 0 Å². The van der Waals surface area contributed by atoms with Crippen LogP contribution in [0.25, 0.3) is 0 Å². The summed E-state index contributed by atoms with van der Waals surface area (Å²) in [7, 11) is 0. The van der Waals surface area contributed by atoms with Crippen molar-refractivity contribution in [3.05, 3.63) is 59.9 Å². The topological polar surface area (TPSA) is 80.3 Å². The summed E-state index contributed by atoms with van der Waals surface area (Å²) in [5.74, 6) is 0.183. The predicted molar refractivity (Wildman–Crippen MR) is 85.9 cm³/mol. The van der Waals surface area contributed by atoms with E-state index in [2.05, 4.69) is 29.7 Å². The van der Waals surface area contributed by atoms with Crippen LogP contribution in [-0.2, 0) is 4.79 Å². The Hall–Kier alpha value is -2.89. The highest BCUT2D eigenvalue weighted by atomic mass is 16.5. The van der Waals surface area contributed by atoms with Crippen LogP contribution in [0.4, 0.5) is 0 Å². The molecule has 0 atom stereocenters. The molecule has 0 saturated heterocycles. The van der Waals surface area contributed by atoms with Gasteiger partial charge in [0.1, 0.15) is 5.75 Å². The van der Waals surface area contributed by atoms with Crippen LogP contribution in [-0.4, -0.2) is 23.4 Å². The lowest BCUT2D eigenvalue weighted by molar-refractivity contribution is -0.123. The molecule has 0 unspecified atom stereocenters. The molecule has 1 aromatic carbocycles. The van der Waals surface area contributed by atoms with Crippen LogP contribution in [0.3, 0.4) is 0 Å². The Kier molecular flexibility index (Phi) is 5.68. The van der Waals surface area contributed by atoms with Crippen molar-refractivity contribution in [1.29, 1.82) is 0 Å². The van der Waals surface area contributed by atoms with E-state index in [1.165, 1.54) is 18.0 Å². The first-order valence-corrected chi connectivity index (χ1v) is 7.28. The zero-order valence-electron chi connectivity index (χ0n) is 13.1. The van der Waals surface area contributed by atoms with Gasteiger partial charge >= 0.3 is 0 Å². The van der Waals surface area contributed by atoms with Gasteiger partial charge in [-0.2, -0.15) is 0 Å². The smallest absolute Gasteiger partial charge is 0.276 e. The normalized spacial score (nSPS) is 10.2. The lowest BCUT2D eigenvalue weighted by atomic mass is 10.0. The average molecular weight is 313 g/mol. The molecule has 0 saturated carbocycles. The molecule has 6 heteroatoms. The number of benzene rings is 1. The van der Waals surface area contributed by atoms with E-state index in [4.69, 9.17) is 4.74 Å². The van der Waals surface area contributed by atoms with Crippen LogP contribution < -0.4 is 15.6 Å². The third-order valence-corrected chi connectivity index (χ3v) is 3.17. The molecular weight excluding hydrogens is 294 g/mol. The van der Waals surface area contributed by atoms with E-state index in [1.807, 2.05) is 24.3 Å². The van der Waals surface area contributed by atoms with E-state index >= 15 is 0 Å². The Morgan fingerprint density at radius 2 is 1.70 bits per heavy atom. The molecule has 1 aromatic heterocycles. The number of pyridine rings is 1. The van der Waals surface area contributed by atoms with Gasteiger partial charge in [-0.15, -0.1) is 0 Å². The van der Waals surface area contributed by atoms with Gasteiger partial charge in [0.2, 0.25) is 0 Å². The molecule has 0 spiro atoms. The number of nitrogens with zero attached hydrogens (tertiary/aromatic N) is 1. The molecule has 1 heterocycles. The summed E-state index contributed by atoms with van der Waals surface area (Å²) in [6, 6.07) is 10.7. The van der Waals surface area contributed by atoms with Crippen molar-refractivity contribution >= 4 is 11.8 Å². The van der Waals surface area contributed by atoms with Crippen LogP contribution in [0, 0.1) is 0 Å². The Balaban J connectivity index is 1.76. The number of aromatic nitrogens is 1. The summed E-state index contributed by atoms with van der Waals surface area (Å²) in [5, 5.41) is 0. The summed E-state index contributed by atoms with van der Waals surface area (Å²) in [4.78, 5) is 27.2. The minimum atomic E-state index is -0.444. The van der Waals surface area contributed by atoms with Crippen molar-refractivity contribution in [2.45, 2.75) is 19.8 Å². The van der Waals surface area contributed by atoms with Crippen molar-refractivity contribution in [3.63, 3.8) is 0 Å². The van der Waals surface area contributed by atoms with Crippen LogP contribution in [0.5, 0.6) is 5.75 Å². The molecule has 0 fully saturated rings. The van der Waals surface area contributed by atoms with E-state index in [0.29, 0.717) is 17.2 Å². The van der Waals surface area contributed by atoms with E-state index in [-0.39, 0.29) is 6.61 Å². The molecule has 6 nitrogen and oxygen atoms in total. The third kappa shape index (κ3) is 5.10. The SMILES string of the molecule is CC(C)c1ccc(OCC(=O)NNC(=O)c2ccncc2)cc1. The molecular formula is C17H19N3O3. The maximum Gasteiger partial charge on any atom is 0.276 e. The molecule has 2 N–H and O–H groups in total. The average Bonchev–Trinajstić information content (AvgIpc) is 2.59. The lowest BCUT2D eigenvalue weighted by Gasteiger charge is -2.10. The van der Waals surface area contributed by atoms with Crippen LogP contribution in [0.2, 0.25) is 0 Å². The number of nitrogens with one attached hydrogen (secondary N) is 2. The van der Waals surface area contributed by atoms with Crippen molar-refractivity contribution in [1.82, 2.24) is 15.8 Å². The molecule has 0 radical (unpaired) electrons. The van der Waals surface area contributed by atoms with Crippen molar-refractivity contribution in [2.24, 2.45) is 0 Å². The van der Waals surface area contributed by atoms with Gasteiger partial charge in [0.15, 0.2) is 6.61 Å². The minimum absolute atomic E-state index is 0.183. The minimum Gasteiger partial charge on any atom is -0.484 e. The largest absolute Gasteiger partial charge is 0.484 e. The van der Waals surface area contributed by atoms with Gasteiger partial charge < -0.3 is 4.74 Å². The summed E-state index contributed by atoms with van der Waals surface area (Å²) in [6.07, 6.45) is 3.00. The van der Waals surface area contributed by atoms with Gasteiger partial charge in [-0.1, -0.05) is 26.0 Å². The monoisotopic (exact) mass is 313 g/mol. The number of amides is 2. The molecule has 2 aromatic rings. The predicted octanol–water partition coefficient (Wildman–Crippen LogP) is 2.04. The number of hydrogen-bond acceptors (Lipinski definition) is 4. The van der Waals surface area contributed by atoms with E-state index < -0.39 is 11.8 Å². The summed E-state index contributed by atoms with van der Waals surface area (Å²) in [5.41, 5.74) is 6.22. The van der Waals surface area contributed by atoms with Gasteiger partial charge in [0, 0.05) is 18.0 Å². The van der Waals surface area contributed by atoms with E-state index in [9.17, 15) is 9.59 Å². The number of hydrazine groups is 1. The standard InChI is InChI=1S/C17H19N3O3/c1-12(2)13-3-5-15(6-4-13)23-11-16(21)19-20-17(22)14-7-9-18-10-8-14/h3-10,12H,11H2,1-2H3,(H,19,21)(H,20,22). The number of hydrogen-bond donors (Lipinski definition) is 2. The molecule has 2 rings (SSSR count). The first kappa shape index (κ1) is 16.5. The van der Waals surface area contributed by atoms with Crippen molar-refractivity contribution < 1.29 is 14.3 Å². The van der Waals surface area contributed by atoms with Gasteiger partial charge in [-0.25, -0.2) is 0 Å². The van der Waals surface area contributed by atoms with E-state index in [1.54, 1.807) is 12.1 Å². The Bertz CT molecular complexity index is 655. The van der Waals surface area contributed by atoms with Crippen LogP contribution in [0.1, 0.15) is 35.7 Å². The highest BCUT2D eigenvalue weighted by Crippen LogP contribution is 2.18. The second-order valence-corrected chi connectivity index (χ2v) is 5.25. The molecule has 0 aliphatic heterocycles. The fourth-order valence-corrected chi connectivity index (χ4v) is 1.84. The van der Waals surface area contributed by atoms with Gasteiger partial charge in [-0.3, -0.25) is 25.4 Å². The summed E-state index contributed by atoms with van der Waals surface area (Å²) in [6.45, 7) is 4.03. The fourth-order valence-electron chi connectivity index (χ4n) is 1.84. The maximum absolute atomic E-state index is 11.7. The molecule has 120 valence electrons. The number of carbonyl (C=O) groups is 2. The molecule has 0 bridgehead atoms. The molecule has 0 aliphatic rings. The molecule has 23 heavy (non-hydrogen) atoms. The van der Waals surface area contributed by atoms with Gasteiger partial charge in [0.25, 0.3) is 11.8 Å². The summed E-state index contributed by atoms with van der Waals surface area (Å²) >= 11 is 0. The number of ether oxygens (including phenoxy) is 1. The highest BCUT2D eigenvalue weighted by molar-refractivity contribution is 5.95. The molecule has 2 amide bonds. The van der Waals surface area contributed by atoms with Crippen molar-refractivity contribution in [3.8, 4) is 5.75 Å². The Morgan fingerprint density at radius 1 is 1.04 bits per heavy atom. The van der Waals surface area contributed by atoms with Gasteiger partial charge in [-0.05, 0) is 35.7 Å². The maximum atomic E-state index is 11.7. The lowest BCUT2D eigenvalue weighted by Crippen LogP contribution is -2.43. The quantitative estimate of drug-likeness (QED) is 0.828. The third-order valence-electron chi connectivity index (χ3n) is 3.17. The van der Waals surface area contributed by atoms with E-state index in [0.717, 1.165) is 0 Å². The first-order chi connectivity index (χ1) is 11.1. The number of rotatable bonds is 5. The second-order valence-electron chi connectivity index (χ2n) is 5.25.